The zero-order valence-corrected chi connectivity index (χ0v) is 19.8. The number of aromatic nitrogens is 2. The number of benzene rings is 1. The maximum atomic E-state index is 13.8. The summed E-state index contributed by atoms with van der Waals surface area (Å²) in [6.07, 6.45) is 1.54. The fourth-order valence-electron chi connectivity index (χ4n) is 4.16. The smallest absolute Gasteiger partial charge is 0.310 e. The van der Waals surface area contributed by atoms with Gasteiger partial charge in [-0.25, -0.2) is 4.68 Å². The Balaban J connectivity index is 2.03. The number of ether oxygens (including phenoxy) is 1. The van der Waals surface area contributed by atoms with E-state index in [1.54, 1.807) is 11.8 Å². The molecule has 0 aliphatic carbocycles. The van der Waals surface area contributed by atoms with Crippen molar-refractivity contribution in [1.29, 1.82) is 0 Å². The van der Waals surface area contributed by atoms with Crippen LogP contribution in [0.2, 0.25) is 5.02 Å². The van der Waals surface area contributed by atoms with Crippen LogP contribution in [0.3, 0.4) is 0 Å². The summed E-state index contributed by atoms with van der Waals surface area (Å²) in [4.78, 5) is 27.9. The van der Waals surface area contributed by atoms with Gasteiger partial charge in [0.25, 0.3) is 5.91 Å². The van der Waals surface area contributed by atoms with Crippen molar-refractivity contribution in [1.82, 2.24) is 14.7 Å². The summed E-state index contributed by atoms with van der Waals surface area (Å²) in [5.41, 5.74) is 3.19. The summed E-state index contributed by atoms with van der Waals surface area (Å²) in [7, 11) is 0. The SMILES string of the molecule is CCOC(=O)C1CCCN(C(=O)c2c(C(C)C)nn(-c3ccc(Cl)cc3)c2C(C)C)C1. The minimum atomic E-state index is -0.269. The number of hydrogen-bond acceptors (Lipinski definition) is 4. The molecule has 1 amide bonds. The second-order valence-corrected chi connectivity index (χ2v) is 9.12. The van der Waals surface area contributed by atoms with Gasteiger partial charge in [0.2, 0.25) is 0 Å². The minimum Gasteiger partial charge on any atom is -0.466 e. The lowest BCUT2D eigenvalue weighted by Gasteiger charge is -2.32. The van der Waals surface area contributed by atoms with Crippen molar-refractivity contribution in [3.8, 4) is 5.69 Å². The van der Waals surface area contributed by atoms with Crippen LogP contribution in [0.1, 0.15) is 81.0 Å². The maximum absolute atomic E-state index is 13.8. The molecule has 1 aliphatic heterocycles. The van der Waals surface area contributed by atoms with Crippen molar-refractivity contribution < 1.29 is 14.3 Å². The fraction of sp³-hybridized carbons (Fsp3) is 0.542. The molecule has 1 aromatic carbocycles. The van der Waals surface area contributed by atoms with E-state index in [9.17, 15) is 9.59 Å². The van der Waals surface area contributed by atoms with E-state index in [-0.39, 0.29) is 29.6 Å². The number of likely N-dealkylation sites (tertiary alicyclic amines) is 1. The molecule has 0 bridgehead atoms. The number of nitrogens with zero attached hydrogens (tertiary/aromatic N) is 3. The summed E-state index contributed by atoms with van der Waals surface area (Å²) in [5.74, 6) is -0.378. The number of hydrogen-bond donors (Lipinski definition) is 0. The first-order chi connectivity index (χ1) is 14.7. The predicted octanol–water partition coefficient (Wildman–Crippen LogP) is 5.19. The Bertz CT molecular complexity index is 934. The predicted molar refractivity (Wildman–Crippen MR) is 122 cm³/mol. The molecule has 1 aliphatic rings. The van der Waals surface area contributed by atoms with Gasteiger partial charge in [-0.15, -0.1) is 0 Å². The Morgan fingerprint density at radius 3 is 2.42 bits per heavy atom. The van der Waals surface area contributed by atoms with Crippen LogP contribution >= 0.6 is 11.6 Å². The lowest BCUT2D eigenvalue weighted by Crippen LogP contribution is -2.43. The lowest BCUT2D eigenvalue weighted by atomic mass is 9.94. The molecule has 0 N–H and O–H groups in total. The van der Waals surface area contributed by atoms with Gasteiger partial charge in [-0.1, -0.05) is 39.3 Å². The first kappa shape index (κ1) is 23.3. The number of piperidine rings is 1. The highest BCUT2D eigenvalue weighted by Crippen LogP contribution is 2.32. The van der Waals surface area contributed by atoms with Gasteiger partial charge < -0.3 is 9.64 Å². The highest BCUT2D eigenvalue weighted by molar-refractivity contribution is 6.30. The van der Waals surface area contributed by atoms with Crippen molar-refractivity contribution in [2.45, 2.75) is 59.3 Å². The minimum absolute atomic E-state index is 0.0541. The second kappa shape index (κ2) is 9.86. The average Bonchev–Trinajstić information content (AvgIpc) is 3.15. The second-order valence-electron chi connectivity index (χ2n) is 8.69. The zero-order chi connectivity index (χ0) is 22.7. The molecule has 1 aromatic heterocycles. The molecular weight excluding hydrogens is 414 g/mol. The number of amides is 1. The van der Waals surface area contributed by atoms with Crippen LogP contribution in [0.5, 0.6) is 0 Å². The van der Waals surface area contributed by atoms with Crippen LogP contribution in [0.25, 0.3) is 5.69 Å². The van der Waals surface area contributed by atoms with Crippen LogP contribution in [0.15, 0.2) is 24.3 Å². The van der Waals surface area contributed by atoms with E-state index in [4.69, 9.17) is 21.4 Å². The number of rotatable bonds is 6. The molecule has 31 heavy (non-hydrogen) atoms. The van der Waals surface area contributed by atoms with E-state index in [1.807, 2.05) is 42.8 Å². The van der Waals surface area contributed by atoms with Crippen molar-refractivity contribution in [2.24, 2.45) is 5.92 Å². The zero-order valence-electron chi connectivity index (χ0n) is 19.0. The first-order valence-electron chi connectivity index (χ1n) is 11.1. The Morgan fingerprint density at radius 1 is 1.16 bits per heavy atom. The van der Waals surface area contributed by atoms with E-state index in [2.05, 4.69) is 13.8 Å². The third-order valence-electron chi connectivity index (χ3n) is 5.66. The van der Waals surface area contributed by atoms with E-state index in [0.717, 1.165) is 29.9 Å². The molecular formula is C24H32ClN3O3. The summed E-state index contributed by atoms with van der Waals surface area (Å²) < 4.78 is 7.08. The Morgan fingerprint density at radius 2 is 1.84 bits per heavy atom. The van der Waals surface area contributed by atoms with Gasteiger partial charge in [0.1, 0.15) is 0 Å². The molecule has 2 aromatic rings. The van der Waals surface area contributed by atoms with Crippen LogP contribution in [-0.4, -0.2) is 46.3 Å². The fourth-order valence-corrected chi connectivity index (χ4v) is 4.28. The molecule has 1 saturated heterocycles. The van der Waals surface area contributed by atoms with Gasteiger partial charge in [-0.2, -0.15) is 5.10 Å². The van der Waals surface area contributed by atoms with Crippen molar-refractivity contribution in [3.05, 3.63) is 46.2 Å². The van der Waals surface area contributed by atoms with E-state index in [0.29, 0.717) is 30.3 Å². The molecule has 1 unspecified atom stereocenters. The highest BCUT2D eigenvalue weighted by atomic mass is 35.5. The van der Waals surface area contributed by atoms with Crippen molar-refractivity contribution in [3.63, 3.8) is 0 Å². The number of carbonyl (C=O) groups excluding carboxylic acids is 2. The van der Waals surface area contributed by atoms with Gasteiger partial charge in [0.15, 0.2) is 0 Å². The van der Waals surface area contributed by atoms with E-state index < -0.39 is 0 Å². The van der Waals surface area contributed by atoms with Gasteiger partial charge >= 0.3 is 5.97 Å². The van der Waals surface area contributed by atoms with Crippen LogP contribution in [0, 0.1) is 5.92 Å². The van der Waals surface area contributed by atoms with E-state index in [1.165, 1.54) is 0 Å². The quantitative estimate of drug-likeness (QED) is 0.574. The van der Waals surface area contributed by atoms with E-state index >= 15 is 0 Å². The van der Waals surface area contributed by atoms with Crippen molar-refractivity contribution in [2.75, 3.05) is 19.7 Å². The average molecular weight is 446 g/mol. The number of halogens is 1. The summed E-state index contributed by atoms with van der Waals surface area (Å²) in [6, 6.07) is 7.48. The molecule has 2 heterocycles. The molecule has 1 fully saturated rings. The monoisotopic (exact) mass is 445 g/mol. The van der Waals surface area contributed by atoms with Crippen molar-refractivity contribution >= 4 is 23.5 Å². The molecule has 6 nitrogen and oxygen atoms in total. The van der Waals surface area contributed by atoms with Gasteiger partial charge in [0, 0.05) is 18.1 Å². The molecule has 1 atom stereocenters. The van der Waals surface area contributed by atoms with Gasteiger partial charge in [-0.3, -0.25) is 9.59 Å². The molecule has 0 saturated carbocycles. The molecule has 7 heteroatoms. The third kappa shape index (κ3) is 4.95. The highest BCUT2D eigenvalue weighted by Gasteiger charge is 2.34. The van der Waals surface area contributed by atoms with Gasteiger partial charge in [0.05, 0.1) is 35.2 Å². The third-order valence-corrected chi connectivity index (χ3v) is 5.91. The molecule has 3 rings (SSSR count). The Kier molecular flexibility index (Phi) is 7.42. The standard InChI is InChI=1S/C24H32ClN3O3/c1-6-31-24(30)17-8-7-13-27(14-17)23(29)20-21(15(2)3)26-28(22(20)16(4)5)19-11-9-18(25)10-12-19/h9-12,15-17H,6-8,13-14H2,1-5H3. The summed E-state index contributed by atoms with van der Waals surface area (Å²) >= 11 is 6.07. The van der Waals surface area contributed by atoms with Gasteiger partial charge in [-0.05, 0) is 55.9 Å². The molecule has 0 spiro atoms. The summed E-state index contributed by atoms with van der Waals surface area (Å²) in [5, 5.41) is 5.52. The van der Waals surface area contributed by atoms with Crippen LogP contribution in [-0.2, 0) is 9.53 Å². The Hall–Kier alpha value is -2.34. The summed E-state index contributed by atoms with van der Waals surface area (Å²) in [6.45, 7) is 11.4. The first-order valence-corrected chi connectivity index (χ1v) is 11.5. The topological polar surface area (TPSA) is 64.4 Å². The lowest BCUT2D eigenvalue weighted by molar-refractivity contribution is -0.149. The molecule has 0 radical (unpaired) electrons. The normalized spacial score (nSPS) is 16.8. The largest absolute Gasteiger partial charge is 0.466 e. The number of carbonyl (C=O) groups is 2. The Labute approximate surface area is 189 Å². The molecule has 168 valence electrons. The number of esters is 1. The van der Waals surface area contributed by atoms with Crippen LogP contribution in [0.4, 0.5) is 0 Å². The maximum Gasteiger partial charge on any atom is 0.310 e. The van der Waals surface area contributed by atoms with Crippen LogP contribution < -0.4 is 0 Å².